The number of likely N-dealkylation sites (tertiary alicyclic amines) is 1. The minimum atomic E-state index is -0.872. The molecule has 1 aliphatic heterocycles. The van der Waals surface area contributed by atoms with Crippen LogP contribution in [0.15, 0.2) is 42.5 Å². The fourth-order valence-corrected chi connectivity index (χ4v) is 3.71. The molecule has 1 fully saturated rings. The second-order valence-corrected chi connectivity index (χ2v) is 8.78. The smallest absolute Gasteiger partial charge is 0.407 e. The molecule has 5 nitrogen and oxygen atoms in total. The Labute approximate surface area is 177 Å². The first-order valence-electron chi connectivity index (χ1n) is 9.70. The molecule has 1 N–H and O–H groups in total. The Balaban J connectivity index is 2.02. The normalized spacial score (nSPS) is 17.5. The van der Waals surface area contributed by atoms with Gasteiger partial charge in [-0.25, -0.2) is 9.78 Å². The van der Waals surface area contributed by atoms with Gasteiger partial charge in [0.15, 0.2) is 0 Å². The molecule has 1 aromatic carbocycles. The summed E-state index contributed by atoms with van der Waals surface area (Å²) < 4.78 is 5.30. The standard InChI is InChI=1S/C23H27ClN2O3/c1-23(2,3)17-7-5-16(6-8-17)18(13-15-11-12-26(14-15)22(27)28)20-10-9-19(24)21(25-20)29-4/h5-10,13,15H,11-12,14H2,1-4H3,(H,27,28)/t15-/m1/s1. The number of hydrogen-bond acceptors (Lipinski definition) is 3. The minimum absolute atomic E-state index is 0.0671. The number of halogens is 1. The predicted octanol–water partition coefficient (Wildman–Crippen LogP) is 5.47. The highest BCUT2D eigenvalue weighted by Gasteiger charge is 2.25. The molecule has 6 heteroatoms. The average molecular weight is 415 g/mol. The van der Waals surface area contributed by atoms with Crippen molar-refractivity contribution in [1.82, 2.24) is 9.88 Å². The van der Waals surface area contributed by atoms with Crippen molar-refractivity contribution in [3.63, 3.8) is 0 Å². The maximum atomic E-state index is 11.3. The van der Waals surface area contributed by atoms with Crippen molar-refractivity contribution in [3.05, 3.63) is 64.3 Å². The summed E-state index contributed by atoms with van der Waals surface area (Å²) in [4.78, 5) is 17.3. The topological polar surface area (TPSA) is 62.7 Å². The Kier molecular flexibility index (Phi) is 6.18. The predicted molar refractivity (Wildman–Crippen MR) is 116 cm³/mol. The Bertz CT molecular complexity index is 917. The van der Waals surface area contributed by atoms with Crippen molar-refractivity contribution in [2.24, 2.45) is 5.92 Å². The van der Waals surface area contributed by atoms with Gasteiger partial charge in [0, 0.05) is 18.7 Å². The van der Waals surface area contributed by atoms with Crippen LogP contribution in [-0.2, 0) is 5.41 Å². The number of carbonyl (C=O) groups is 1. The largest absolute Gasteiger partial charge is 0.480 e. The molecule has 1 aliphatic rings. The van der Waals surface area contributed by atoms with Crippen LogP contribution in [0.25, 0.3) is 5.57 Å². The highest BCUT2D eigenvalue weighted by Crippen LogP contribution is 2.32. The quantitative estimate of drug-likeness (QED) is 0.720. The van der Waals surface area contributed by atoms with Gasteiger partial charge in [-0.2, -0.15) is 0 Å². The van der Waals surface area contributed by atoms with E-state index in [0.717, 1.165) is 23.3 Å². The third-order valence-electron chi connectivity index (χ3n) is 5.24. The summed E-state index contributed by atoms with van der Waals surface area (Å²) in [5.41, 5.74) is 4.06. The molecule has 2 aromatic rings. The van der Waals surface area contributed by atoms with Crippen molar-refractivity contribution in [2.45, 2.75) is 32.6 Å². The molecule has 1 amide bonds. The molecule has 0 bridgehead atoms. The van der Waals surface area contributed by atoms with E-state index in [1.165, 1.54) is 10.5 Å². The lowest BCUT2D eigenvalue weighted by Crippen LogP contribution is -2.26. The Morgan fingerprint density at radius 1 is 1.24 bits per heavy atom. The van der Waals surface area contributed by atoms with E-state index in [1.54, 1.807) is 13.2 Å². The summed E-state index contributed by atoms with van der Waals surface area (Å²) in [5, 5.41) is 9.72. The van der Waals surface area contributed by atoms with E-state index < -0.39 is 6.09 Å². The van der Waals surface area contributed by atoms with E-state index in [2.05, 4.69) is 56.1 Å². The lowest BCUT2D eigenvalue weighted by Gasteiger charge is -2.20. The van der Waals surface area contributed by atoms with E-state index in [0.29, 0.717) is 24.0 Å². The number of methoxy groups -OCH3 is 1. The van der Waals surface area contributed by atoms with Crippen LogP contribution < -0.4 is 4.74 Å². The number of amides is 1. The van der Waals surface area contributed by atoms with Crippen molar-refractivity contribution in [3.8, 4) is 5.88 Å². The number of carboxylic acid groups (broad SMARTS) is 1. The summed E-state index contributed by atoms with van der Waals surface area (Å²) >= 11 is 6.16. The van der Waals surface area contributed by atoms with Crippen molar-refractivity contribution in [1.29, 1.82) is 0 Å². The van der Waals surface area contributed by atoms with Crippen molar-refractivity contribution < 1.29 is 14.6 Å². The van der Waals surface area contributed by atoms with Crippen LogP contribution in [-0.4, -0.2) is 41.3 Å². The molecular formula is C23H27ClN2O3. The van der Waals surface area contributed by atoms with Crippen LogP contribution in [0.5, 0.6) is 5.88 Å². The van der Waals surface area contributed by atoms with Crippen LogP contribution >= 0.6 is 11.6 Å². The number of rotatable bonds is 4. The highest BCUT2D eigenvalue weighted by atomic mass is 35.5. The SMILES string of the molecule is COc1nc(C(=C[C@H]2CCN(C(=O)O)C2)c2ccc(C(C)(C)C)cc2)ccc1Cl. The Morgan fingerprint density at radius 2 is 1.93 bits per heavy atom. The lowest BCUT2D eigenvalue weighted by molar-refractivity contribution is 0.155. The van der Waals surface area contributed by atoms with E-state index in [9.17, 15) is 9.90 Å². The lowest BCUT2D eigenvalue weighted by atomic mass is 9.85. The average Bonchev–Trinajstić information content (AvgIpc) is 3.15. The molecule has 0 unspecified atom stereocenters. The van der Waals surface area contributed by atoms with Crippen LogP contribution in [0.4, 0.5) is 4.79 Å². The van der Waals surface area contributed by atoms with E-state index in [1.807, 2.05) is 6.07 Å². The monoisotopic (exact) mass is 414 g/mol. The van der Waals surface area contributed by atoms with Crippen LogP contribution in [0.1, 0.15) is 44.0 Å². The van der Waals surface area contributed by atoms with Gasteiger partial charge in [-0.15, -0.1) is 0 Å². The fraction of sp³-hybridized carbons (Fsp3) is 0.391. The number of benzene rings is 1. The van der Waals surface area contributed by atoms with E-state index in [-0.39, 0.29) is 11.3 Å². The summed E-state index contributed by atoms with van der Waals surface area (Å²) in [6.45, 7) is 7.59. The molecule has 0 spiro atoms. The Morgan fingerprint density at radius 3 is 2.48 bits per heavy atom. The van der Waals surface area contributed by atoms with Gasteiger partial charge >= 0.3 is 6.09 Å². The molecule has 29 heavy (non-hydrogen) atoms. The van der Waals surface area contributed by atoms with Gasteiger partial charge in [0.2, 0.25) is 5.88 Å². The Hall–Kier alpha value is -2.53. The molecule has 0 saturated carbocycles. The molecule has 0 aliphatic carbocycles. The number of hydrogen-bond donors (Lipinski definition) is 1. The van der Waals surface area contributed by atoms with Gasteiger partial charge in [-0.3, -0.25) is 0 Å². The number of pyridine rings is 1. The summed E-state index contributed by atoms with van der Waals surface area (Å²) in [5.74, 6) is 0.506. The van der Waals surface area contributed by atoms with Crippen LogP contribution in [0.2, 0.25) is 5.02 Å². The molecule has 0 radical (unpaired) electrons. The van der Waals surface area contributed by atoms with Gasteiger partial charge in [0.1, 0.15) is 5.02 Å². The first-order chi connectivity index (χ1) is 13.7. The fourth-order valence-electron chi connectivity index (χ4n) is 3.53. The number of aromatic nitrogens is 1. The molecule has 1 saturated heterocycles. The van der Waals surface area contributed by atoms with Gasteiger partial charge < -0.3 is 14.7 Å². The summed E-state index contributed by atoms with van der Waals surface area (Å²) in [6.07, 6.45) is 2.05. The molecule has 1 atom stereocenters. The molecule has 1 aromatic heterocycles. The highest BCUT2D eigenvalue weighted by molar-refractivity contribution is 6.31. The molecular weight excluding hydrogens is 388 g/mol. The van der Waals surface area contributed by atoms with Gasteiger partial charge in [-0.1, -0.05) is 62.7 Å². The number of ether oxygens (including phenoxy) is 1. The third-order valence-corrected chi connectivity index (χ3v) is 5.53. The third kappa shape index (κ3) is 4.91. The first-order valence-corrected chi connectivity index (χ1v) is 10.1. The van der Waals surface area contributed by atoms with Gasteiger partial charge in [-0.05, 0) is 41.0 Å². The van der Waals surface area contributed by atoms with Crippen LogP contribution in [0, 0.1) is 5.92 Å². The first kappa shape index (κ1) is 21.2. The van der Waals surface area contributed by atoms with E-state index in [4.69, 9.17) is 16.3 Å². The zero-order chi connectivity index (χ0) is 21.2. The van der Waals surface area contributed by atoms with Crippen LogP contribution in [0.3, 0.4) is 0 Å². The molecule has 3 rings (SSSR count). The van der Waals surface area contributed by atoms with Crippen molar-refractivity contribution >= 4 is 23.3 Å². The number of nitrogens with zero attached hydrogens (tertiary/aromatic N) is 2. The maximum Gasteiger partial charge on any atom is 0.407 e. The second kappa shape index (κ2) is 8.46. The zero-order valence-corrected chi connectivity index (χ0v) is 18.0. The van der Waals surface area contributed by atoms with E-state index >= 15 is 0 Å². The molecule has 154 valence electrons. The summed E-state index contributed by atoms with van der Waals surface area (Å²) in [7, 11) is 1.54. The van der Waals surface area contributed by atoms with Gasteiger partial charge in [0.25, 0.3) is 0 Å². The zero-order valence-electron chi connectivity index (χ0n) is 17.3. The van der Waals surface area contributed by atoms with Crippen molar-refractivity contribution in [2.75, 3.05) is 20.2 Å². The molecule has 2 heterocycles. The minimum Gasteiger partial charge on any atom is -0.480 e. The van der Waals surface area contributed by atoms with Gasteiger partial charge in [0.05, 0.1) is 12.8 Å². The maximum absolute atomic E-state index is 11.3. The second-order valence-electron chi connectivity index (χ2n) is 8.37. The summed E-state index contributed by atoms with van der Waals surface area (Å²) in [6, 6.07) is 12.1.